The molecule has 4 nitrogen and oxygen atoms in total. The SMILES string of the molecule is c1ccc(-n2c3ccccc3c3c(-c4cccc(-c5nc(-c6ccc7c(c6)sc6ccccc67)nc(-c6ccc7c(c6)sc6ccccc67)n5)c4)cccc32)cc1. The minimum Gasteiger partial charge on any atom is -0.309 e. The van der Waals surface area contributed by atoms with Gasteiger partial charge in [-0.1, -0.05) is 127 Å². The summed E-state index contributed by atoms with van der Waals surface area (Å²) in [5.74, 6) is 1.96. The Morgan fingerprint density at radius 2 is 0.825 bits per heavy atom. The van der Waals surface area contributed by atoms with Crippen LogP contribution in [-0.4, -0.2) is 19.5 Å². The average molecular weight is 763 g/mol. The van der Waals surface area contributed by atoms with Gasteiger partial charge in [0.25, 0.3) is 0 Å². The van der Waals surface area contributed by atoms with Crippen molar-refractivity contribution >= 4 is 84.8 Å². The summed E-state index contributed by atoms with van der Waals surface area (Å²) in [4.78, 5) is 15.7. The monoisotopic (exact) mass is 762 g/mol. The first kappa shape index (κ1) is 32.3. The summed E-state index contributed by atoms with van der Waals surface area (Å²) in [6, 6.07) is 65.0. The molecule has 4 heterocycles. The maximum atomic E-state index is 5.23. The van der Waals surface area contributed by atoms with E-state index in [0.29, 0.717) is 17.5 Å². The molecule has 0 N–H and O–H groups in total. The van der Waals surface area contributed by atoms with Crippen LogP contribution in [0.4, 0.5) is 0 Å². The van der Waals surface area contributed by atoms with Crippen molar-refractivity contribution in [2.75, 3.05) is 0 Å². The zero-order valence-corrected chi connectivity index (χ0v) is 32.1. The summed E-state index contributed by atoms with van der Waals surface area (Å²) in [5.41, 5.74) is 8.64. The van der Waals surface area contributed by atoms with E-state index < -0.39 is 0 Å². The number of rotatable bonds is 5. The minimum absolute atomic E-state index is 0.642. The Labute approximate surface area is 335 Å². The highest BCUT2D eigenvalue weighted by Gasteiger charge is 2.19. The number of fused-ring (bicyclic) bond motifs is 9. The highest BCUT2D eigenvalue weighted by atomic mass is 32.1. The Morgan fingerprint density at radius 3 is 1.47 bits per heavy atom. The van der Waals surface area contributed by atoms with Gasteiger partial charge in [-0.05, 0) is 65.7 Å². The lowest BCUT2D eigenvalue weighted by atomic mass is 9.97. The van der Waals surface area contributed by atoms with Crippen molar-refractivity contribution in [1.29, 1.82) is 0 Å². The van der Waals surface area contributed by atoms with Crippen LogP contribution in [0.3, 0.4) is 0 Å². The van der Waals surface area contributed by atoms with Gasteiger partial charge in [0.05, 0.1) is 11.0 Å². The Morgan fingerprint density at radius 1 is 0.333 bits per heavy atom. The highest BCUT2D eigenvalue weighted by molar-refractivity contribution is 7.26. The topological polar surface area (TPSA) is 43.6 Å². The predicted molar refractivity (Wildman–Crippen MR) is 242 cm³/mol. The van der Waals surface area contributed by atoms with Crippen molar-refractivity contribution in [1.82, 2.24) is 19.5 Å². The summed E-state index contributed by atoms with van der Waals surface area (Å²) in [7, 11) is 0. The highest BCUT2D eigenvalue weighted by Crippen LogP contribution is 2.41. The van der Waals surface area contributed by atoms with E-state index in [0.717, 1.165) is 27.9 Å². The van der Waals surface area contributed by atoms with Gasteiger partial charge in [-0.3, -0.25) is 0 Å². The second kappa shape index (κ2) is 12.8. The Balaban J connectivity index is 1.05. The molecule has 12 rings (SSSR count). The van der Waals surface area contributed by atoms with Crippen LogP contribution in [0.5, 0.6) is 0 Å². The van der Waals surface area contributed by atoms with Gasteiger partial charge in [0, 0.05) is 73.5 Å². The van der Waals surface area contributed by atoms with Crippen molar-refractivity contribution in [3.8, 4) is 51.0 Å². The number of nitrogens with zero attached hydrogens (tertiary/aromatic N) is 4. The summed E-state index contributed by atoms with van der Waals surface area (Å²) in [5, 5.41) is 7.49. The molecule has 0 spiro atoms. The number of aromatic nitrogens is 4. The first-order chi connectivity index (χ1) is 28.2. The number of hydrogen-bond donors (Lipinski definition) is 0. The fourth-order valence-electron chi connectivity index (χ4n) is 8.43. The zero-order valence-electron chi connectivity index (χ0n) is 30.4. The Kier molecular flexibility index (Phi) is 7.24. The quantitative estimate of drug-likeness (QED) is 0.175. The molecule has 12 aromatic rings. The first-order valence-electron chi connectivity index (χ1n) is 19.0. The normalized spacial score (nSPS) is 11.9. The molecule has 57 heavy (non-hydrogen) atoms. The molecule has 0 fully saturated rings. The third kappa shape index (κ3) is 5.22. The van der Waals surface area contributed by atoms with E-state index in [1.807, 2.05) is 0 Å². The van der Waals surface area contributed by atoms with Crippen molar-refractivity contribution in [2.45, 2.75) is 0 Å². The van der Waals surface area contributed by atoms with Crippen LogP contribution in [-0.2, 0) is 0 Å². The van der Waals surface area contributed by atoms with E-state index in [9.17, 15) is 0 Å². The Hall–Kier alpha value is -6.99. The van der Waals surface area contributed by atoms with Gasteiger partial charge in [0.2, 0.25) is 0 Å². The third-order valence-corrected chi connectivity index (χ3v) is 13.3. The summed E-state index contributed by atoms with van der Waals surface area (Å²) in [6.07, 6.45) is 0. The molecule has 0 amide bonds. The van der Waals surface area contributed by atoms with Crippen molar-refractivity contribution in [3.05, 3.63) is 182 Å². The maximum absolute atomic E-state index is 5.23. The van der Waals surface area contributed by atoms with E-state index in [1.54, 1.807) is 22.7 Å². The summed E-state index contributed by atoms with van der Waals surface area (Å²) < 4.78 is 7.35. The summed E-state index contributed by atoms with van der Waals surface area (Å²) >= 11 is 3.61. The van der Waals surface area contributed by atoms with Gasteiger partial charge in [-0.2, -0.15) is 0 Å². The van der Waals surface area contributed by atoms with E-state index in [1.165, 1.54) is 67.7 Å². The fourth-order valence-corrected chi connectivity index (χ4v) is 10.7. The molecule has 0 aliphatic carbocycles. The fraction of sp³-hybridized carbons (Fsp3) is 0. The van der Waals surface area contributed by atoms with E-state index in [-0.39, 0.29) is 0 Å². The second-order valence-electron chi connectivity index (χ2n) is 14.4. The molecule has 0 bridgehead atoms. The third-order valence-electron chi connectivity index (χ3n) is 11.1. The number of hydrogen-bond acceptors (Lipinski definition) is 5. The van der Waals surface area contributed by atoms with Crippen LogP contribution in [0, 0.1) is 0 Å². The van der Waals surface area contributed by atoms with Crippen LogP contribution >= 0.6 is 22.7 Å². The van der Waals surface area contributed by atoms with E-state index in [2.05, 4.69) is 187 Å². The lowest BCUT2D eigenvalue weighted by Crippen LogP contribution is -2.00. The summed E-state index contributed by atoms with van der Waals surface area (Å²) in [6.45, 7) is 0. The molecule has 0 saturated heterocycles. The van der Waals surface area contributed by atoms with Gasteiger partial charge in [-0.25, -0.2) is 15.0 Å². The maximum Gasteiger partial charge on any atom is 0.164 e. The second-order valence-corrected chi connectivity index (χ2v) is 16.6. The average Bonchev–Trinajstić information content (AvgIpc) is 3.95. The first-order valence-corrected chi connectivity index (χ1v) is 20.6. The van der Waals surface area contributed by atoms with Crippen molar-refractivity contribution < 1.29 is 0 Å². The molecule has 0 saturated carbocycles. The molecule has 0 radical (unpaired) electrons. The zero-order chi connectivity index (χ0) is 37.5. The largest absolute Gasteiger partial charge is 0.309 e. The number of para-hydroxylation sites is 2. The standard InChI is InChI=1S/C51H30N4S2/c1-2-14-35(15-3-1)55-42-20-7-4-18-41(42)48-36(19-11-21-43(48)55)31-12-10-13-32(28-31)49-52-50(33-24-26-39-37-16-5-8-22-44(37)56-46(39)29-33)54-51(53-49)34-25-27-40-38-17-6-9-23-45(38)57-47(40)30-34/h1-30H. The van der Waals surface area contributed by atoms with Crippen LogP contribution in [0.1, 0.15) is 0 Å². The molecule has 0 aliphatic rings. The van der Waals surface area contributed by atoms with Crippen LogP contribution in [0.15, 0.2) is 182 Å². The van der Waals surface area contributed by atoms with Gasteiger partial charge in [0.1, 0.15) is 0 Å². The molecular formula is C51H30N4S2. The molecule has 8 aromatic carbocycles. The van der Waals surface area contributed by atoms with Gasteiger partial charge < -0.3 is 4.57 Å². The van der Waals surface area contributed by atoms with Crippen molar-refractivity contribution in [2.24, 2.45) is 0 Å². The minimum atomic E-state index is 0.642. The molecule has 0 aliphatic heterocycles. The smallest absolute Gasteiger partial charge is 0.164 e. The van der Waals surface area contributed by atoms with E-state index in [4.69, 9.17) is 15.0 Å². The molecule has 4 aromatic heterocycles. The van der Waals surface area contributed by atoms with Gasteiger partial charge in [0.15, 0.2) is 17.5 Å². The van der Waals surface area contributed by atoms with Crippen molar-refractivity contribution in [3.63, 3.8) is 0 Å². The molecular weight excluding hydrogens is 733 g/mol. The van der Waals surface area contributed by atoms with Gasteiger partial charge >= 0.3 is 0 Å². The Bertz CT molecular complexity index is 3410. The predicted octanol–water partition coefficient (Wildman–Crippen LogP) is 14.4. The number of benzene rings is 8. The van der Waals surface area contributed by atoms with Crippen LogP contribution < -0.4 is 0 Å². The number of thiophene rings is 2. The lowest BCUT2D eigenvalue weighted by molar-refractivity contribution is 1.08. The molecule has 6 heteroatoms. The molecule has 0 unspecified atom stereocenters. The molecule has 0 atom stereocenters. The lowest BCUT2D eigenvalue weighted by Gasteiger charge is -2.11. The molecule has 266 valence electrons. The van der Waals surface area contributed by atoms with E-state index >= 15 is 0 Å². The van der Waals surface area contributed by atoms with Crippen LogP contribution in [0.2, 0.25) is 0 Å². The van der Waals surface area contributed by atoms with Crippen LogP contribution in [0.25, 0.3) is 113 Å². The van der Waals surface area contributed by atoms with Gasteiger partial charge in [-0.15, -0.1) is 22.7 Å².